The highest BCUT2D eigenvalue weighted by Crippen LogP contribution is 2.35. The number of anilines is 1. The minimum absolute atomic E-state index is 0.181. The Balaban J connectivity index is 0.000000671. The topological polar surface area (TPSA) is 55.3 Å². The number of rotatable bonds is 1. The van der Waals surface area contributed by atoms with Gasteiger partial charge >= 0.3 is 0 Å². The normalized spacial score (nSPS) is 22.2. The molecule has 0 amide bonds. The second kappa shape index (κ2) is 10.1. The first-order chi connectivity index (χ1) is 11.6. The molecule has 0 aromatic carbocycles. The minimum atomic E-state index is -1.03. The summed E-state index contributed by atoms with van der Waals surface area (Å²) in [6, 6.07) is 0.181. The molecule has 0 saturated carbocycles. The quantitative estimate of drug-likeness (QED) is 0.769. The maximum Gasteiger partial charge on any atom is 0.149 e. The zero-order valence-corrected chi connectivity index (χ0v) is 17.1. The first kappa shape index (κ1) is 21.0. The van der Waals surface area contributed by atoms with Gasteiger partial charge in [-0.05, 0) is 19.3 Å². The first-order valence-corrected chi connectivity index (χ1v) is 10.5. The summed E-state index contributed by atoms with van der Waals surface area (Å²) < 4.78 is 18.3. The fraction of sp³-hybridized carbons (Fsp3) is 0.778. The van der Waals surface area contributed by atoms with Gasteiger partial charge in [0.25, 0.3) is 0 Å². The average Bonchev–Trinajstić information content (AvgIpc) is 2.83. The molecule has 2 aliphatic rings. The van der Waals surface area contributed by atoms with Gasteiger partial charge < -0.3 is 9.64 Å². The number of hydrogen-bond acceptors (Lipinski definition) is 5. The van der Waals surface area contributed by atoms with E-state index in [-0.39, 0.29) is 12.0 Å². The molecule has 0 bridgehead atoms. The van der Waals surface area contributed by atoms with Gasteiger partial charge in [0.1, 0.15) is 16.5 Å². The van der Waals surface area contributed by atoms with Gasteiger partial charge in [0.2, 0.25) is 0 Å². The lowest BCUT2D eigenvalue weighted by Crippen LogP contribution is -2.46. The summed E-state index contributed by atoms with van der Waals surface area (Å²) in [6.45, 7) is 16.4. The molecule has 0 aliphatic carbocycles. The molecule has 1 aromatic rings. The van der Waals surface area contributed by atoms with Gasteiger partial charge in [-0.1, -0.05) is 41.5 Å². The van der Waals surface area contributed by atoms with Crippen LogP contribution in [0.2, 0.25) is 0 Å². The molecule has 1 saturated heterocycles. The Hall–Kier alpha value is -1.01. The van der Waals surface area contributed by atoms with Gasteiger partial charge in [-0.15, -0.1) is 0 Å². The van der Waals surface area contributed by atoms with Crippen molar-refractivity contribution < 1.29 is 8.95 Å². The van der Waals surface area contributed by atoms with E-state index in [4.69, 9.17) is 4.74 Å². The van der Waals surface area contributed by atoms with Crippen molar-refractivity contribution in [3.63, 3.8) is 0 Å². The molecular formula is C18H33N3O2S. The van der Waals surface area contributed by atoms with E-state index >= 15 is 0 Å². The third-order valence-corrected chi connectivity index (χ3v) is 5.35. The molecule has 2 atom stereocenters. The van der Waals surface area contributed by atoms with Crippen LogP contribution in [0.3, 0.4) is 0 Å². The molecule has 5 nitrogen and oxygen atoms in total. The Morgan fingerprint density at radius 3 is 2.50 bits per heavy atom. The lowest BCUT2D eigenvalue weighted by Gasteiger charge is -2.36. The largest absolute Gasteiger partial charge is 0.379 e. The minimum Gasteiger partial charge on any atom is -0.379 e. The number of aromatic nitrogens is 2. The highest BCUT2D eigenvalue weighted by molar-refractivity contribution is 7.85. The second-order valence-electron chi connectivity index (χ2n) is 5.75. The summed E-state index contributed by atoms with van der Waals surface area (Å²) >= 11 is 0. The van der Waals surface area contributed by atoms with Crippen molar-refractivity contribution in [3.8, 4) is 0 Å². The Bertz CT molecular complexity index is 549. The molecule has 0 spiro atoms. The fourth-order valence-corrected chi connectivity index (χ4v) is 4.55. The third kappa shape index (κ3) is 4.54. The van der Waals surface area contributed by atoms with E-state index < -0.39 is 10.8 Å². The van der Waals surface area contributed by atoms with Gasteiger partial charge in [-0.25, -0.2) is 9.97 Å². The maximum absolute atomic E-state index is 12.6. The standard InChI is InChI=1S/C14H21N3O2S.2C2H6/c1-9(2)12-13-14(16-10(3)15-12)17-5-4-6-19-7-11(17)8-20(13)18;2*1-2/h9,11H,4-8H2,1-3H3;2*1-2H3. The number of fused-ring (bicyclic) bond motifs is 3. The summed E-state index contributed by atoms with van der Waals surface area (Å²) in [7, 11) is -1.03. The van der Waals surface area contributed by atoms with Crippen LogP contribution in [0.25, 0.3) is 0 Å². The van der Waals surface area contributed by atoms with Crippen LogP contribution in [0.15, 0.2) is 4.90 Å². The second-order valence-corrected chi connectivity index (χ2v) is 7.18. The SMILES string of the molecule is CC.CC.Cc1nc(C(C)C)c2c(n1)N1CCCOCC1CS2=O. The van der Waals surface area contributed by atoms with Gasteiger partial charge in [0.05, 0.1) is 34.9 Å². The van der Waals surface area contributed by atoms with E-state index in [9.17, 15) is 4.21 Å². The predicted molar refractivity (Wildman–Crippen MR) is 101 cm³/mol. The van der Waals surface area contributed by atoms with Crippen LogP contribution in [-0.2, 0) is 15.5 Å². The predicted octanol–water partition coefficient (Wildman–Crippen LogP) is 3.68. The fourth-order valence-electron chi connectivity index (χ4n) is 2.88. The van der Waals surface area contributed by atoms with Crippen LogP contribution in [0.5, 0.6) is 0 Å². The van der Waals surface area contributed by atoms with Crippen LogP contribution >= 0.6 is 0 Å². The van der Waals surface area contributed by atoms with Crippen molar-refractivity contribution in [1.29, 1.82) is 0 Å². The van der Waals surface area contributed by atoms with E-state index in [1.54, 1.807) is 0 Å². The van der Waals surface area contributed by atoms with E-state index in [2.05, 4.69) is 28.7 Å². The van der Waals surface area contributed by atoms with Gasteiger partial charge in [-0.2, -0.15) is 0 Å². The molecule has 0 radical (unpaired) electrons. The van der Waals surface area contributed by atoms with E-state index in [1.807, 2.05) is 34.6 Å². The summed E-state index contributed by atoms with van der Waals surface area (Å²) in [6.07, 6.45) is 0.989. The zero-order chi connectivity index (χ0) is 18.3. The van der Waals surface area contributed by atoms with E-state index in [0.717, 1.165) is 41.8 Å². The highest BCUT2D eigenvalue weighted by atomic mass is 32.2. The summed E-state index contributed by atoms with van der Waals surface area (Å²) in [5.41, 5.74) is 0.939. The van der Waals surface area contributed by atoms with Crippen LogP contribution in [-0.4, -0.2) is 45.7 Å². The molecular weight excluding hydrogens is 322 g/mol. The Labute approximate surface area is 149 Å². The monoisotopic (exact) mass is 355 g/mol. The van der Waals surface area contributed by atoms with Crippen molar-refractivity contribution in [2.75, 3.05) is 30.4 Å². The summed E-state index contributed by atoms with van der Waals surface area (Å²) in [4.78, 5) is 12.3. The van der Waals surface area contributed by atoms with Gasteiger partial charge in [-0.3, -0.25) is 4.21 Å². The lowest BCUT2D eigenvalue weighted by molar-refractivity contribution is 0.138. The zero-order valence-electron chi connectivity index (χ0n) is 16.3. The number of nitrogens with zero attached hydrogens (tertiary/aromatic N) is 3. The number of ether oxygens (including phenoxy) is 1. The van der Waals surface area contributed by atoms with Crippen molar-refractivity contribution in [2.24, 2.45) is 0 Å². The van der Waals surface area contributed by atoms with Crippen LogP contribution < -0.4 is 4.90 Å². The van der Waals surface area contributed by atoms with Gasteiger partial charge in [0, 0.05) is 13.2 Å². The summed E-state index contributed by atoms with van der Waals surface area (Å²) in [5, 5.41) is 0. The molecule has 3 rings (SSSR count). The van der Waals surface area contributed by atoms with E-state index in [0.29, 0.717) is 12.4 Å². The maximum atomic E-state index is 12.6. The number of aryl methyl sites for hydroxylation is 1. The van der Waals surface area contributed by atoms with Crippen molar-refractivity contribution in [3.05, 3.63) is 11.5 Å². The lowest BCUT2D eigenvalue weighted by atomic mass is 10.1. The molecule has 1 fully saturated rings. The van der Waals surface area contributed by atoms with Crippen LogP contribution in [0.1, 0.15) is 65.4 Å². The van der Waals surface area contributed by atoms with Crippen molar-refractivity contribution in [2.45, 2.75) is 71.7 Å². The number of hydrogen-bond donors (Lipinski definition) is 0. The van der Waals surface area contributed by atoms with Crippen molar-refractivity contribution >= 4 is 16.6 Å². The van der Waals surface area contributed by atoms with E-state index in [1.165, 1.54) is 0 Å². The molecule has 1 aromatic heterocycles. The molecule has 24 heavy (non-hydrogen) atoms. The smallest absolute Gasteiger partial charge is 0.149 e. The summed E-state index contributed by atoms with van der Waals surface area (Å²) in [5.74, 6) is 2.52. The molecule has 0 N–H and O–H groups in total. The Kier molecular flexibility index (Phi) is 8.84. The molecule has 2 aliphatic heterocycles. The van der Waals surface area contributed by atoms with Crippen LogP contribution in [0, 0.1) is 6.92 Å². The highest BCUT2D eigenvalue weighted by Gasteiger charge is 2.36. The van der Waals surface area contributed by atoms with Crippen molar-refractivity contribution in [1.82, 2.24) is 9.97 Å². The van der Waals surface area contributed by atoms with Crippen LogP contribution in [0.4, 0.5) is 5.82 Å². The third-order valence-electron chi connectivity index (χ3n) is 3.81. The Morgan fingerprint density at radius 2 is 1.88 bits per heavy atom. The molecule has 6 heteroatoms. The molecule has 2 unspecified atom stereocenters. The first-order valence-electron chi connectivity index (χ1n) is 9.19. The Morgan fingerprint density at radius 1 is 1.21 bits per heavy atom. The molecule has 3 heterocycles. The molecule has 138 valence electrons. The van der Waals surface area contributed by atoms with Gasteiger partial charge in [0.15, 0.2) is 0 Å². The average molecular weight is 356 g/mol.